The molecule has 0 saturated heterocycles. The summed E-state index contributed by atoms with van der Waals surface area (Å²) >= 11 is 0. The fourth-order valence-electron chi connectivity index (χ4n) is 2.96. The van der Waals surface area contributed by atoms with Gasteiger partial charge in [0.15, 0.2) is 5.70 Å². The Morgan fingerprint density at radius 1 is 1.10 bits per heavy atom. The molecule has 1 aliphatic heterocycles. The molecule has 0 saturated carbocycles. The normalized spacial score (nSPS) is 15.9. The smallest absolute Gasteiger partial charge is 0.363 e. The molecule has 0 aliphatic carbocycles. The van der Waals surface area contributed by atoms with E-state index in [2.05, 4.69) is 4.99 Å². The number of cyclic esters (lactones) is 1. The average Bonchev–Trinajstić information content (AvgIpc) is 3.24. The Bertz CT molecular complexity index is 1310. The van der Waals surface area contributed by atoms with E-state index in [4.69, 9.17) is 4.74 Å². The van der Waals surface area contributed by atoms with Crippen molar-refractivity contribution in [2.45, 2.75) is 0 Å². The number of halogens is 1. The van der Waals surface area contributed by atoms with Gasteiger partial charge in [-0.1, -0.05) is 30.3 Å². The van der Waals surface area contributed by atoms with Crippen LogP contribution >= 0.6 is 0 Å². The molecule has 1 aliphatic rings. The number of rotatable bonds is 4. The molecular formula is C20H16FN3O4S. The number of fused-ring (bicyclic) bond motifs is 1. The molecule has 3 aromatic rings. The fourth-order valence-corrected chi connectivity index (χ4v) is 3.97. The summed E-state index contributed by atoms with van der Waals surface area (Å²) in [5.41, 5.74) is 0.949. The van der Waals surface area contributed by atoms with Crippen LogP contribution < -0.4 is 0 Å². The number of esters is 1. The predicted molar refractivity (Wildman–Crippen MR) is 107 cm³/mol. The van der Waals surface area contributed by atoms with Crippen molar-refractivity contribution in [1.82, 2.24) is 8.28 Å². The minimum Gasteiger partial charge on any atom is -0.402 e. The molecule has 1 aromatic heterocycles. The van der Waals surface area contributed by atoms with Crippen LogP contribution in [0, 0.1) is 5.82 Å². The summed E-state index contributed by atoms with van der Waals surface area (Å²) in [5, 5.41) is 0.618. The van der Waals surface area contributed by atoms with E-state index in [-0.39, 0.29) is 17.2 Å². The number of nitrogens with zero attached hydrogens (tertiary/aromatic N) is 3. The third-order valence-electron chi connectivity index (χ3n) is 4.44. The summed E-state index contributed by atoms with van der Waals surface area (Å²) < 4.78 is 46.6. The summed E-state index contributed by atoms with van der Waals surface area (Å²) in [4.78, 5) is 16.4. The Morgan fingerprint density at radius 2 is 1.79 bits per heavy atom. The third kappa shape index (κ3) is 3.24. The second-order valence-corrected chi connectivity index (χ2v) is 8.52. The lowest BCUT2D eigenvalue weighted by atomic mass is 10.1. The van der Waals surface area contributed by atoms with Crippen molar-refractivity contribution in [2.24, 2.45) is 4.99 Å². The number of carbonyl (C=O) groups excluding carboxylic acids is 1. The van der Waals surface area contributed by atoms with Crippen LogP contribution in [0.2, 0.25) is 0 Å². The minimum absolute atomic E-state index is 0.0478. The highest BCUT2D eigenvalue weighted by Gasteiger charge is 2.27. The Labute approximate surface area is 166 Å². The Balaban J connectivity index is 1.85. The molecule has 2 heterocycles. The van der Waals surface area contributed by atoms with E-state index < -0.39 is 22.0 Å². The van der Waals surface area contributed by atoms with E-state index in [1.807, 2.05) is 0 Å². The molecule has 0 atom stereocenters. The van der Waals surface area contributed by atoms with Gasteiger partial charge in [-0.25, -0.2) is 18.1 Å². The molecule has 0 unspecified atom stereocenters. The van der Waals surface area contributed by atoms with Gasteiger partial charge < -0.3 is 4.74 Å². The van der Waals surface area contributed by atoms with Gasteiger partial charge >= 0.3 is 16.2 Å². The zero-order chi connectivity index (χ0) is 20.8. The molecule has 9 heteroatoms. The van der Waals surface area contributed by atoms with Crippen molar-refractivity contribution in [2.75, 3.05) is 14.1 Å². The van der Waals surface area contributed by atoms with Crippen LogP contribution in [-0.2, 0) is 19.7 Å². The molecule has 0 N–H and O–H groups in total. The second kappa shape index (κ2) is 6.94. The average molecular weight is 413 g/mol. The van der Waals surface area contributed by atoms with Crippen molar-refractivity contribution < 1.29 is 22.3 Å². The molecule has 0 fully saturated rings. The summed E-state index contributed by atoms with van der Waals surface area (Å²) in [5.74, 6) is -1.44. The number of ether oxygens (including phenoxy) is 1. The number of para-hydroxylation sites is 1. The number of hydrogen-bond donors (Lipinski definition) is 0. The lowest BCUT2D eigenvalue weighted by molar-refractivity contribution is -0.129. The van der Waals surface area contributed by atoms with Crippen molar-refractivity contribution in [3.8, 4) is 0 Å². The molecular weight excluding hydrogens is 397 g/mol. The molecule has 7 nitrogen and oxygen atoms in total. The number of carbonyl (C=O) groups is 1. The van der Waals surface area contributed by atoms with Gasteiger partial charge in [0.05, 0.1) is 11.1 Å². The number of benzene rings is 2. The van der Waals surface area contributed by atoms with Gasteiger partial charge in [0.1, 0.15) is 5.82 Å². The van der Waals surface area contributed by atoms with E-state index in [9.17, 15) is 17.6 Å². The van der Waals surface area contributed by atoms with Crippen LogP contribution in [-0.4, -0.2) is 42.7 Å². The lowest BCUT2D eigenvalue weighted by Gasteiger charge is -2.12. The van der Waals surface area contributed by atoms with Gasteiger partial charge in [-0.05, 0) is 24.3 Å². The Hall–Kier alpha value is -3.30. The van der Waals surface area contributed by atoms with Gasteiger partial charge in [-0.3, -0.25) is 0 Å². The lowest BCUT2D eigenvalue weighted by Crippen LogP contribution is -2.28. The predicted octanol–water partition coefficient (Wildman–Crippen LogP) is 2.78. The quantitative estimate of drug-likeness (QED) is 0.487. The van der Waals surface area contributed by atoms with Gasteiger partial charge in [0.25, 0.3) is 0 Å². The maximum absolute atomic E-state index is 14.0. The monoisotopic (exact) mass is 413 g/mol. The Morgan fingerprint density at radius 3 is 2.52 bits per heavy atom. The van der Waals surface area contributed by atoms with E-state index in [0.717, 1.165) is 8.28 Å². The molecule has 2 aromatic carbocycles. The van der Waals surface area contributed by atoms with Gasteiger partial charge in [-0.15, -0.1) is 0 Å². The fraction of sp³-hybridized carbons (Fsp3) is 0.100. The molecule has 0 amide bonds. The molecule has 29 heavy (non-hydrogen) atoms. The molecule has 4 rings (SSSR count). The molecule has 0 spiro atoms. The van der Waals surface area contributed by atoms with E-state index in [0.29, 0.717) is 16.5 Å². The molecule has 0 radical (unpaired) electrons. The highest BCUT2D eigenvalue weighted by molar-refractivity contribution is 7.87. The van der Waals surface area contributed by atoms with Crippen LogP contribution in [0.15, 0.2) is 65.4 Å². The standard InChI is InChI=1S/C20H16FN3O4S/c1-23(2)29(26,27)24-12-13(14-7-4-6-10-18(14)24)11-17-20(25)28-19(22-17)15-8-3-5-9-16(15)21/h3-12H,1-2H3. The van der Waals surface area contributed by atoms with Crippen LogP contribution in [0.1, 0.15) is 11.1 Å². The SMILES string of the molecule is CN(C)S(=O)(=O)n1cc(C=C2N=C(c3ccccc3F)OC2=O)c2ccccc21. The van der Waals surface area contributed by atoms with Crippen molar-refractivity contribution >= 4 is 39.1 Å². The zero-order valence-electron chi connectivity index (χ0n) is 15.5. The zero-order valence-corrected chi connectivity index (χ0v) is 16.4. The number of aromatic nitrogens is 1. The first kappa shape index (κ1) is 19.0. The molecule has 148 valence electrons. The number of hydrogen-bond acceptors (Lipinski definition) is 5. The molecule has 0 bridgehead atoms. The summed E-state index contributed by atoms with van der Waals surface area (Å²) in [6.07, 6.45) is 2.84. The topological polar surface area (TPSA) is 81.0 Å². The van der Waals surface area contributed by atoms with Gasteiger partial charge in [0, 0.05) is 31.2 Å². The maximum Gasteiger partial charge on any atom is 0.363 e. The van der Waals surface area contributed by atoms with Crippen LogP contribution in [0.25, 0.3) is 17.0 Å². The number of aliphatic imine (C=N–C) groups is 1. The van der Waals surface area contributed by atoms with E-state index in [1.165, 1.54) is 44.6 Å². The second-order valence-electron chi connectivity index (χ2n) is 6.50. The summed E-state index contributed by atoms with van der Waals surface area (Å²) in [7, 11) is -0.906. The van der Waals surface area contributed by atoms with Crippen molar-refractivity contribution in [3.05, 3.63) is 77.4 Å². The largest absolute Gasteiger partial charge is 0.402 e. The Kier molecular flexibility index (Phi) is 4.56. The third-order valence-corrected chi connectivity index (χ3v) is 6.16. The first-order chi connectivity index (χ1) is 13.8. The van der Waals surface area contributed by atoms with Gasteiger partial charge in [-0.2, -0.15) is 12.7 Å². The first-order valence-corrected chi connectivity index (χ1v) is 9.99. The van der Waals surface area contributed by atoms with Crippen LogP contribution in [0.3, 0.4) is 0 Å². The highest BCUT2D eigenvalue weighted by Crippen LogP contribution is 2.28. The van der Waals surface area contributed by atoms with E-state index >= 15 is 0 Å². The van der Waals surface area contributed by atoms with Crippen molar-refractivity contribution in [3.63, 3.8) is 0 Å². The van der Waals surface area contributed by atoms with E-state index in [1.54, 1.807) is 30.3 Å². The maximum atomic E-state index is 14.0. The van der Waals surface area contributed by atoms with Crippen LogP contribution in [0.5, 0.6) is 0 Å². The minimum atomic E-state index is -3.77. The first-order valence-electron chi connectivity index (χ1n) is 8.59. The van der Waals surface area contributed by atoms with Crippen LogP contribution in [0.4, 0.5) is 4.39 Å². The van der Waals surface area contributed by atoms with Gasteiger partial charge in [0.2, 0.25) is 5.90 Å². The summed E-state index contributed by atoms with van der Waals surface area (Å²) in [6.45, 7) is 0. The van der Waals surface area contributed by atoms with Crippen molar-refractivity contribution in [1.29, 1.82) is 0 Å². The summed E-state index contributed by atoms with van der Waals surface area (Å²) in [6, 6.07) is 12.7. The highest BCUT2D eigenvalue weighted by atomic mass is 32.2.